The quantitative estimate of drug-likeness (QED) is 0.569. The van der Waals surface area contributed by atoms with E-state index in [2.05, 4.69) is 31.3 Å². The van der Waals surface area contributed by atoms with E-state index < -0.39 is 0 Å². The molecule has 0 spiro atoms. The van der Waals surface area contributed by atoms with Gasteiger partial charge in [-0.2, -0.15) is 0 Å². The highest BCUT2D eigenvalue weighted by atomic mass is 16.5. The van der Waals surface area contributed by atoms with Crippen molar-refractivity contribution in [2.75, 3.05) is 20.4 Å². The molecule has 1 aromatic rings. The van der Waals surface area contributed by atoms with Crippen molar-refractivity contribution in [3.05, 3.63) is 28.8 Å². The number of hydrogen-bond donors (Lipinski definition) is 2. The molecular weight excluding hydrogens is 190 g/mol. The SMILES string of the molecule is COc1c(C)cc(C)cc1CCNCO. The van der Waals surface area contributed by atoms with Gasteiger partial charge in [-0.05, 0) is 31.4 Å². The molecule has 0 radical (unpaired) electrons. The van der Waals surface area contributed by atoms with Gasteiger partial charge in [-0.1, -0.05) is 17.7 Å². The van der Waals surface area contributed by atoms with Gasteiger partial charge in [0.05, 0.1) is 13.8 Å². The predicted molar refractivity (Wildman–Crippen MR) is 61.3 cm³/mol. The van der Waals surface area contributed by atoms with Crippen LogP contribution in [0, 0.1) is 13.8 Å². The van der Waals surface area contributed by atoms with E-state index in [4.69, 9.17) is 9.84 Å². The second-order valence-electron chi connectivity index (χ2n) is 3.68. The van der Waals surface area contributed by atoms with Crippen molar-refractivity contribution in [2.45, 2.75) is 20.3 Å². The van der Waals surface area contributed by atoms with Gasteiger partial charge in [0.1, 0.15) is 5.75 Å². The van der Waals surface area contributed by atoms with Crippen LogP contribution in [0.1, 0.15) is 16.7 Å². The Hall–Kier alpha value is -1.06. The smallest absolute Gasteiger partial charge is 0.125 e. The summed E-state index contributed by atoms with van der Waals surface area (Å²) in [6.45, 7) is 4.91. The Morgan fingerprint density at radius 3 is 2.67 bits per heavy atom. The van der Waals surface area contributed by atoms with Crippen LogP contribution in [0.15, 0.2) is 12.1 Å². The van der Waals surface area contributed by atoms with E-state index in [-0.39, 0.29) is 6.73 Å². The maximum Gasteiger partial charge on any atom is 0.125 e. The van der Waals surface area contributed by atoms with Gasteiger partial charge in [-0.15, -0.1) is 0 Å². The van der Waals surface area contributed by atoms with E-state index in [9.17, 15) is 0 Å². The predicted octanol–water partition coefficient (Wildman–Crippen LogP) is 1.39. The molecule has 1 rings (SSSR count). The summed E-state index contributed by atoms with van der Waals surface area (Å²) in [5, 5.41) is 11.5. The Balaban J connectivity index is 2.84. The zero-order valence-corrected chi connectivity index (χ0v) is 9.63. The average Bonchev–Trinajstić information content (AvgIpc) is 2.17. The molecular formula is C12H19NO2. The normalized spacial score (nSPS) is 10.4. The van der Waals surface area contributed by atoms with Gasteiger partial charge in [0.15, 0.2) is 0 Å². The van der Waals surface area contributed by atoms with Gasteiger partial charge in [-0.3, -0.25) is 5.32 Å². The first-order chi connectivity index (χ1) is 7.19. The average molecular weight is 209 g/mol. The van der Waals surface area contributed by atoms with E-state index in [0.717, 1.165) is 24.3 Å². The highest BCUT2D eigenvalue weighted by Gasteiger charge is 2.06. The van der Waals surface area contributed by atoms with E-state index >= 15 is 0 Å². The lowest BCUT2D eigenvalue weighted by Gasteiger charge is -2.12. The van der Waals surface area contributed by atoms with Gasteiger partial charge in [0, 0.05) is 6.54 Å². The zero-order valence-electron chi connectivity index (χ0n) is 9.63. The van der Waals surface area contributed by atoms with E-state index in [0.29, 0.717) is 0 Å². The molecule has 0 unspecified atom stereocenters. The van der Waals surface area contributed by atoms with Crippen LogP contribution in [0.4, 0.5) is 0 Å². The number of benzene rings is 1. The van der Waals surface area contributed by atoms with Crippen LogP contribution in [0.25, 0.3) is 0 Å². The lowest BCUT2D eigenvalue weighted by Crippen LogP contribution is -2.18. The highest BCUT2D eigenvalue weighted by molar-refractivity contribution is 5.43. The van der Waals surface area contributed by atoms with Crippen LogP contribution >= 0.6 is 0 Å². The third-order valence-corrected chi connectivity index (χ3v) is 2.38. The second kappa shape index (κ2) is 5.73. The standard InChI is InChI=1S/C12H19NO2/c1-9-6-10(2)12(15-3)11(7-9)4-5-13-8-14/h6-7,13-14H,4-5,8H2,1-3H3. The van der Waals surface area contributed by atoms with Gasteiger partial charge in [0.2, 0.25) is 0 Å². The third-order valence-electron chi connectivity index (χ3n) is 2.38. The minimum atomic E-state index is 0.0209. The fourth-order valence-electron chi connectivity index (χ4n) is 1.82. The molecule has 0 saturated heterocycles. The topological polar surface area (TPSA) is 41.5 Å². The van der Waals surface area contributed by atoms with Crippen LogP contribution in [0.2, 0.25) is 0 Å². The van der Waals surface area contributed by atoms with Crippen molar-refractivity contribution in [2.24, 2.45) is 0 Å². The number of nitrogens with one attached hydrogen (secondary N) is 1. The molecule has 1 aromatic carbocycles. The molecule has 0 aliphatic rings. The van der Waals surface area contributed by atoms with Crippen LogP contribution in [-0.4, -0.2) is 25.5 Å². The summed E-state index contributed by atoms with van der Waals surface area (Å²) >= 11 is 0. The summed E-state index contributed by atoms with van der Waals surface area (Å²) in [5.74, 6) is 0.959. The van der Waals surface area contributed by atoms with Crippen LogP contribution < -0.4 is 10.1 Å². The number of hydrogen-bond acceptors (Lipinski definition) is 3. The first-order valence-electron chi connectivity index (χ1n) is 5.14. The molecule has 15 heavy (non-hydrogen) atoms. The van der Waals surface area contributed by atoms with Gasteiger partial charge < -0.3 is 9.84 Å². The lowest BCUT2D eigenvalue weighted by molar-refractivity contribution is 0.261. The Morgan fingerprint density at radius 1 is 1.33 bits per heavy atom. The molecule has 0 saturated carbocycles. The van der Waals surface area contributed by atoms with Crippen molar-refractivity contribution < 1.29 is 9.84 Å². The molecule has 0 amide bonds. The van der Waals surface area contributed by atoms with E-state index in [1.54, 1.807) is 7.11 Å². The summed E-state index contributed by atoms with van der Waals surface area (Å²) in [4.78, 5) is 0. The van der Waals surface area contributed by atoms with Crippen molar-refractivity contribution in [3.8, 4) is 5.75 Å². The lowest BCUT2D eigenvalue weighted by atomic mass is 10.0. The summed E-state index contributed by atoms with van der Waals surface area (Å²) in [6.07, 6.45) is 0.867. The first-order valence-corrected chi connectivity index (χ1v) is 5.14. The van der Waals surface area contributed by atoms with E-state index in [1.165, 1.54) is 11.1 Å². The minimum Gasteiger partial charge on any atom is -0.496 e. The summed E-state index contributed by atoms with van der Waals surface area (Å²) in [5.41, 5.74) is 3.60. The number of ether oxygens (including phenoxy) is 1. The van der Waals surface area contributed by atoms with Crippen molar-refractivity contribution >= 4 is 0 Å². The largest absolute Gasteiger partial charge is 0.496 e. The zero-order chi connectivity index (χ0) is 11.3. The van der Waals surface area contributed by atoms with Crippen LogP contribution in [0.3, 0.4) is 0 Å². The Labute approximate surface area is 91.1 Å². The minimum absolute atomic E-state index is 0.0209. The van der Waals surface area contributed by atoms with Crippen molar-refractivity contribution in [1.82, 2.24) is 5.32 Å². The summed E-state index contributed by atoms with van der Waals surface area (Å²) in [7, 11) is 1.70. The number of aliphatic hydroxyl groups excluding tert-OH is 1. The Kier molecular flexibility index (Phi) is 4.59. The summed E-state index contributed by atoms with van der Waals surface area (Å²) in [6, 6.07) is 4.24. The number of methoxy groups -OCH3 is 1. The molecule has 3 heteroatoms. The second-order valence-corrected chi connectivity index (χ2v) is 3.68. The third kappa shape index (κ3) is 3.22. The van der Waals surface area contributed by atoms with Gasteiger partial charge >= 0.3 is 0 Å². The molecule has 0 aliphatic carbocycles. The molecule has 0 fully saturated rings. The maximum absolute atomic E-state index is 8.64. The van der Waals surface area contributed by atoms with Gasteiger partial charge in [-0.25, -0.2) is 0 Å². The fraction of sp³-hybridized carbons (Fsp3) is 0.500. The number of rotatable bonds is 5. The van der Waals surface area contributed by atoms with Gasteiger partial charge in [0.25, 0.3) is 0 Å². The Morgan fingerprint density at radius 2 is 2.07 bits per heavy atom. The molecule has 0 aromatic heterocycles. The fourth-order valence-corrected chi connectivity index (χ4v) is 1.82. The first kappa shape index (κ1) is 12.0. The molecule has 0 heterocycles. The number of aliphatic hydroxyl groups is 1. The van der Waals surface area contributed by atoms with Crippen LogP contribution in [-0.2, 0) is 6.42 Å². The van der Waals surface area contributed by atoms with Crippen LogP contribution in [0.5, 0.6) is 5.75 Å². The molecule has 0 aliphatic heterocycles. The molecule has 84 valence electrons. The summed E-state index contributed by atoms with van der Waals surface area (Å²) < 4.78 is 5.37. The van der Waals surface area contributed by atoms with Crippen molar-refractivity contribution in [1.29, 1.82) is 0 Å². The highest BCUT2D eigenvalue weighted by Crippen LogP contribution is 2.25. The molecule has 3 nitrogen and oxygen atoms in total. The van der Waals surface area contributed by atoms with E-state index in [1.807, 2.05) is 0 Å². The molecule has 2 N–H and O–H groups in total. The number of aryl methyl sites for hydroxylation is 2. The molecule has 0 bridgehead atoms. The monoisotopic (exact) mass is 209 g/mol. The van der Waals surface area contributed by atoms with Crippen molar-refractivity contribution in [3.63, 3.8) is 0 Å². The Bertz CT molecular complexity index is 324. The maximum atomic E-state index is 8.64. The molecule has 0 atom stereocenters.